The highest BCUT2D eigenvalue weighted by atomic mass is 32.2. The van der Waals surface area contributed by atoms with Crippen molar-refractivity contribution in [3.05, 3.63) is 54.4 Å². The molecular formula is C26H30F3N5O5S. The number of sulfonamides is 1. The number of nitrogens with one attached hydrogen (secondary N) is 1. The number of aromatic nitrogens is 2. The predicted molar refractivity (Wildman–Crippen MR) is 141 cm³/mol. The molecule has 40 heavy (non-hydrogen) atoms. The minimum absolute atomic E-state index is 0.0691. The summed E-state index contributed by atoms with van der Waals surface area (Å²) in [6.07, 6.45) is -4.93. The van der Waals surface area contributed by atoms with Gasteiger partial charge in [-0.3, -0.25) is 4.90 Å². The molecule has 10 nitrogen and oxygen atoms in total. The summed E-state index contributed by atoms with van der Waals surface area (Å²) in [5.74, 6) is -0.0989. The SMILES string of the molecule is COC(=O)[C@@H](Nc1nc(CN2CCN(S(=O)(=O)c3cccc(OC(F)(F)F)c3)CC2)nc2ccccc12)C(C)C. The lowest BCUT2D eigenvalue weighted by atomic mass is 10.0. The average molecular weight is 582 g/mol. The normalized spacial score (nSPS) is 16.2. The predicted octanol–water partition coefficient (Wildman–Crippen LogP) is 3.64. The van der Waals surface area contributed by atoms with Gasteiger partial charge in [0.05, 0.1) is 24.1 Å². The molecule has 1 aliphatic rings. The molecule has 1 saturated heterocycles. The third-order valence-electron chi connectivity index (χ3n) is 6.44. The second-order valence-corrected chi connectivity index (χ2v) is 11.5. The number of para-hydroxylation sites is 1. The summed E-state index contributed by atoms with van der Waals surface area (Å²) < 4.78 is 74.0. The molecule has 0 spiro atoms. The number of ether oxygens (including phenoxy) is 2. The molecule has 3 aromatic rings. The molecular weight excluding hydrogens is 551 g/mol. The van der Waals surface area contributed by atoms with Gasteiger partial charge < -0.3 is 14.8 Å². The van der Waals surface area contributed by atoms with E-state index in [9.17, 15) is 26.4 Å². The fourth-order valence-corrected chi connectivity index (χ4v) is 5.84. The standard InChI is InChI=1S/C26H30F3N5O5S/c1-17(2)23(25(35)38-3)32-24-20-9-4-5-10-21(20)30-22(31-24)16-33-11-13-34(14-12-33)40(36,37)19-8-6-7-18(15-19)39-26(27,28)29/h4-10,15,17,23H,11-14,16H2,1-3H3,(H,30,31,32)/t23-/m0/s1. The van der Waals surface area contributed by atoms with E-state index in [1.807, 2.05) is 43.0 Å². The van der Waals surface area contributed by atoms with Gasteiger partial charge in [0.1, 0.15) is 23.4 Å². The van der Waals surface area contributed by atoms with Gasteiger partial charge in [0, 0.05) is 37.6 Å². The molecule has 0 unspecified atom stereocenters. The Kier molecular flexibility index (Phi) is 8.80. The average Bonchev–Trinajstić information content (AvgIpc) is 2.90. The van der Waals surface area contributed by atoms with Gasteiger partial charge in [0.15, 0.2) is 0 Å². The van der Waals surface area contributed by atoms with Gasteiger partial charge >= 0.3 is 12.3 Å². The lowest BCUT2D eigenvalue weighted by molar-refractivity contribution is -0.274. The Labute approximate surface area is 230 Å². The van der Waals surface area contributed by atoms with Crippen LogP contribution in [0, 0.1) is 5.92 Å². The van der Waals surface area contributed by atoms with Crippen molar-refractivity contribution in [1.29, 1.82) is 0 Å². The van der Waals surface area contributed by atoms with E-state index in [1.165, 1.54) is 23.5 Å². The van der Waals surface area contributed by atoms with Crippen molar-refractivity contribution < 1.29 is 35.9 Å². The molecule has 14 heteroatoms. The summed E-state index contributed by atoms with van der Waals surface area (Å²) >= 11 is 0. The second-order valence-electron chi connectivity index (χ2n) is 9.60. The highest BCUT2D eigenvalue weighted by molar-refractivity contribution is 7.89. The maximum absolute atomic E-state index is 13.1. The number of hydrogen-bond acceptors (Lipinski definition) is 9. The fourth-order valence-electron chi connectivity index (χ4n) is 4.39. The third kappa shape index (κ3) is 6.98. The van der Waals surface area contributed by atoms with Gasteiger partial charge in [0.2, 0.25) is 10.0 Å². The van der Waals surface area contributed by atoms with Crippen LogP contribution < -0.4 is 10.1 Å². The van der Waals surface area contributed by atoms with Crippen LogP contribution in [0.2, 0.25) is 0 Å². The lowest BCUT2D eigenvalue weighted by Crippen LogP contribution is -2.48. The van der Waals surface area contributed by atoms with Crippen LogP contribution in [0.4, 0.5) is 19.0 Å². The first-order valence-electron chi connectivity index (χ1n) is 12.6. The largest absolute Gasteiger partial charge is 0.573 e. The van der Waals surface area contributed by atoms with E-state index in [0.29, 0.717) is 36.8 Å². The van der Waals surface area contributed by atoms with Gasteiger partial charge in [-0.25, -0.2) is 23.2 Å². The van der Waals surface area contributed by atoms with Crippen LogP contribution in [0.15, 0.2) is 53.4 Å². The number of rotatable bonds is 9. The number of anilines is 1. The van der Waals surface area contributed by atoms with E-state index in [4.69, 9.17) is 4.74 Å². The monoisotopic (exact) mass is 581 g/mol. The highest BCUT2D eigenvalue weighted by Gasteiger charge is 2.33. The van der Waals surface area contributed by atoms with E-state index < -0.39 is 34.1 Å². The van der Waals surface area contributed by atoms with Gasteiger partial charge in [0.25, 0.3) is 0 Å². The molecule has 1 atom stereocenters. The minimum Gasteiger partial charge on any atom is -0.467 e. The van der Waals surface area contributed by atoms with Crippen LogP contribution in [0.3, 0.4) is 0 Å². The molecule has 1 fully saturated rings. The summed E-state index contributed by atoms with van der Waals surface area (Å²) in [6, 6.07) is 11.1. The van der Waals surface area contributed by atoms with Gasteiger partial charge in [-0.15, -0.1) is 13.2 Å². The quantitative estimate of drug-likeness (QED) is 0.379. The van der Waals surface area contributed by atoms with E-state index in [0.717, 1.165) is 17.5 Å². The Morgan fingerprint density at radius 1 is 1.05 bits per heavy atom. The number of methoxy groups -OCH3 is 1. The van der Waals surface area contributed by atoms with Crippen molar-refractivity contribution >= 4 is 32.7 Å². The zero-order valence-corrected chi connectivity index (χ0v) is 23.0. The number of alkyl halides is 3. The molecule has 4 rings (SSSR count). The molecule has 0 radical (unpaired) electrons. The first kappa shape index (κ1) is 29.5. The maximum atomic E-state index is 13.1. The zero-order chi connectivity index (χ0) is 29.1. The first-order valence-corrected chi connectivity index (χ1v) is 14.0. The molecule has 1 aliphatic heterocycles. The number of nitrogens with zero attached hydrogens (tertiary/aromatic N) is 4. The van der Waals surface area contributed by atoms with Crippen LogP contribution >= 0.6 is 0 Å². The molecule has 0 amide bonds. The summed E-state index contributed by atoms with van der Waals surface area (Å²) in [5, 5.41) is 3.95. The van der Waals surface area contributed by atoms with Crippen molar-refractivity contribution in [3.8, 4) is 5.75 Å². The number of fused-ring (bicyclic) bond motifs is 1. The zero-order valence-electron chi connectivity index (χ0n) is 22.2. The van der Waals surface area contributed by atoms with Gasteiger partial charge in [-0.05, 0) is 30.2 Å². The summed E-state index contributed by atoms with van der Waals surface area (Å²) in [6.45, 7) is 5.08. The number of carbonyl (C=O) groups is 1. The number of carbonyl (C=O) groups excluding carboxylic acids is 1. The second kappa shape index (κ2) is 11.9. The Hall–Kier alpha value is -3.49. The van der Waals surface area contributed by atoms with Crippen molar-refractivity contribution in [2.45, 2.75) is 37.7 Å². The molecule has 0 saturated carbocycles. The Bertz CT molecular complexity index is 1460. The van der Waals surface area contributed by atoms with Crippen LogP contribution in [-0.2, 0) is 26.1 Å². The van der Waals surface area contributed by atoms with Crippen LogP contribution in [-0.4, -0.2) is 79.3 Å². The van der Waals surface area contributed by atoms with E-state index >= 15 is 0 Å². The van der Waals surface area contributed by atoms with Crippen LogP contribution in [0.25, 0.3) is 10.9 Å². The molecule has 1 N–H and O–H groups in total. The van der Waals surface area contributed by atoms with Gasteiger partial charge in [-0.2, -0.15) is 4.31 Å². The molecule has 0 bridgehead atoms. The molecule has 2 heterocycles. The first-order chi connectivity index (χ1) is 18.9. The van der Waals surface area contributed by atoms with Crippen LogP contribution in [0.1, 0.15) is 19.7 Å². The topological polar surface area (TPSA) is 114 Å². The molecule has 0 aliphatic carbocycles. The van der Waals surface area contributed by atoms with Crippen LogP contribution in [0.5, 0.6) is 5.75 Å². The lowest BCUT2D eigenvalue weighted by Gasteiger charge is -2.33. The van der Waals surface area contributed by atoms with E-state index in [1.54, 1.807) is 0 Å². The van der Waals surface area contributed by atoms with Crippen molar-refractivity contribution in [2.75, 3.05) is 38.6 Å². The Balaban J connectivity index is 1.48. The summed E-state index contributed by atoms with van der Waals surface area (Å²) in [7, 11) is -2.70. The molecule has 2 aromatic carbocycles. The minimum atomic E-state index is -4.93. The van der Waals surface area contributed by atoms with Crippen molar-refractivity contribution in [3.63, 3.8) is 0 Å². The Morgan fingerprint density at radius 3 is 2.40 bits per heavy atom. The summed E-state index contributed by atoms with van der Waals surface area (Å²) in [5.41, 5.74) is 0.685. The Morgan fingerprint density at radius 2 is 1.75 bits per heavy atom. The van der Waals surface area contributed by atoms with Crippen molar-refractivity contribution in [2.24, 2.45) is 5.92 Å². The van der Waals surface area contributed by atoms with E-state index in [2.05, 4.69) is 20.0 Å². The number of piperazine rings is 1. The van der Waals surface area contributed by atoms with Gasteiger partial charge in [-0.1, -0.05) is 32.0 Å². The number of hydrogen-bond donors (Lipinski definition) is 1. The third-order valence-corrected chi connectivity index (χ3v) is 8.33. The summed E-state index contributed by atoms with van der Waals surface area (Å²) in [4.78, 5) is 23.4. The molecule has 1 aromatic heterocycles. The highest BCUT2D eigenvalue weighted by Crippen LogP contribution is 2.27. The maximum Gasteiger partial charge on any atom is 0.573 e. The number of benzene rings is 2. The smallest absolute Gasteiger partial charge is 0.467 e. The van der Waals surface area contributed by atoms with E-state index in [-0.39, 0.29) is 23.9 Å². The van der Waals surface area contributed by atoms with Crippen molar-refractivity contribution in [1.82, 2.24) is 19.2 Å². The number of halogens is 3. The fraction of sp³-hybridized carbons (Fsp3) is 0.423. The molecule has 216 valence electrons. The number of esters is 1.